The summed E-state index contributed by atoms with van der Waals surface area (Å²) in [6, 6.07) is 26.2. The second kappa shape index (κ2) is 12.1. The van der Waals surface area contributed by atoms with Crippen molar-refractivity contribution in [3.8, 4) is 0 Å². The van der Waals surface area contributed by atoms with Gasteiger partial charge >= 0.3 is 11.9 Å². The largest absolute Gasteiger partial charge is 0.456 e. The van der Waals surface area contributed by atoms with Gasteiger partial charge in [0.1, 0.15) is 6.10 Å². The van der Waals surface area contributed by atoms with Gasteiger partial charge in [-0.15, -0.1) is 0 Å². The lowest BCUT2D eigenvalue weighted by Crippen LogP contribution is -2.27. The highest BCUT2D eigenvalue weighted by Gasteiger charge is 2.23. The second-order valence-electron chi connectivity index (χ2n) is 7.20. The van der Waals surface area contributed by atoms with Gasteiger partial charge < -0.3 is 14.2 Å². The summed E-state index contributed by atoms with van der Waals surface area (Å²) in [4.78, 5) is 37.3. The number of benzene rings is 3. The molecule has 0 heterocycles. The third-order valence-corrected chi connectivity index (χ3v) is 4.65. The molecule has 0 radical (unpaired) electrons. The minimum absolute atomic E-state index is 0.0148. The number of carbonyl (C=O) groups is 3. The highest BCUT2D eigenvalue weighted by molar-refractivity contribution is 5.99. The molecule has 0 aliphatic carbocycles. The Labute approximate surface area is 192 Å². The van der Waals surface area contributed by atoms with E-state index in [1.165, 1.54) is 0 Å². The first-order chi connectivity index (χ1) is 16.0. The number of Topliss-reactive ketones (excluding diaryl/α,β-unsaturated/α-hetero) is 1. The monoisotopic (exact) mass is 444 g/mol. The lowest BCUT2D eigenvalue weighted by molar-refractivity contribution is -0.121. The Hall–Kier alpha value is -4.03. The number of ether oxygens (including phenoxy) is 3. The summed E-state index contributed by atoms with van der Waals surface area (Å²) in [6.45, 7) is 3.84. The van der Waals surface area contributed by atoms with E-state index in [0.717, 1.165) is 5.56 Å². The van der Waals surface area contributed by atoms with E-state index in [-0.39, 0.29) is 18.8 Å². The van der Waals surface area contributed by atoms with Crippen molar-refractivity contribution >= 4 is 17.7 Å². The minimum Gasteiger partial charge on any atom is -0.456 e. The number of rotatable bonds is 11. The molecule has 168 valence electrons. The van der Waals surface area contributed by atoms with Gasteiger partial charge in [-0.05, 0) is 29.8 Å². The Morgan fingerprint density at radius 2 is 1.24 bits per heavy atom. The predicted octanol–water partition coefficient (Wildman–Crippen LogP) is 4.76. The molecule has 0 fully saturated rings. The molecule has 6 nitrogen and oxygen atoms in total. The van der Waals surface area contributed by atoms with Crippen LogP contribution in [0.15, 0.2) is 103 Å². The van der Waals surface area contributed by atoms with Crippen molar-refractivity contribution in [2.75, 3.05) is 6.61 Å². The fourth-order valence-electron chi connectivity index (χ4n) is 2.93. The standard InChI is InChI=1S/C27H24O6/c1-20(32-26(29)22-13-7-3-8-14-22)25(28)17-24(19-31-18-21-11-5-2-6-12-21)33-27(30)23-15-9-4-10-16-23/h2-16,24H,1,17-19H2. The molecular formula is C27H24O6. The molecular weight excluding hydrogens is 420 g/mol. The van der Waals surface area contributed by atoms with Crippen molar-refractivity contribution in [1.29, 1.82) is 0 Å². The van der Waals surface area contributed by atoms with Crippen molar-refractivity contribution in [2.45, 2.75) is 19.1 Å². The first kappa shape index (κ1) is 23.6. The number of ketones is 1. The zero-order valence-corrected chi connectivity index (χ0v) is 18.0. The van der Waals surface area contributed by atoms with Gasteiger partial charge in [0.2, 0.25) is 5.78 Å². The SMILES string of the molecule is C=C(OC(=O)c1ccccc1)C(=O)CC(COCc1ccccc1)OC(=O)c1ccccc1. The summed E-state index contributed by atoms with van der Waals surface area (Å²) in [5, 5.41) is 0. The van der Waals surface area contributed by atoms with E-state index in [1.807, 2.05) is 30.3 Å². The predicted molar refractivity (Wildman–Crippen MR) is 122 cm³/mol. The fourth-order valence-corrected chi connectivity index (χ4v) is 2.93. The molecule has 1 unspecified atom stereocenters. The van der Waals surface area contributed by atoms with Gasteiger partial charge in [-0.3, -0.25) is 4.79 Å². The zero-order valence-electron chi connectivity index (χ0n) is 18.0. The van der Waals surface area contributed by atoms with E-state index in [0.29, 0.717) is 17.7 Å². The fraction of sp³-hybridized carbons (Fsp3) is 0.148. The van der Waals surface area contributed by atoms with E-state index in [9.17, 15) is 14.4 Å². The quantitative estimate of drug-likeness (QED) is 0.241. The highest BCUT2D eigenvalue weighted by Crippen LogP contribution is 2.13. The first-order valence-corrected chi connectivity index (χ1v) is 10.4. The summed E-state index contributed by atoms with van der Waals surface area (Å²) in [5.41, 5.74) is 1.59. The maximum absolute atomic E-state index is 12.6. The van der Waals surface area contributed by atoms with Crippen LogP contribution < -0.4 is 0 Å². The Kier molecular flexibility index (Phi) is 8.68. The molecule has 0 aromatic heterocycles. The Morgan fingerprint density at radius 1 is 0.727 bits per heavy atom. The van der Waals surface area contributed by atoms with E-state index in [2.05, 4.69) is 6.58 Å². The molecule has 1 atom stereocenters. The number of esters is 2. The van der Waals surface area contributed by atoms with Crippen LogP contribution in [0.25, 0.3) is 0 Å². The van der Waals surface area contributed by atoms with Crippen molar-refractivity contribution in [3.05, 3.63) is 120 Å². The summed E-state index contributed by atoms with van der Waals surface area (Å²) in [6.07, 6.45) is -1.13. The van der Waals surface area contributed by atoms with Crippen LogP contribution in [0.1, 0.15) is 32.7 Å². The number of hydrogen-bond acceptors (Lipinski definition) is 6. The van der Waals surface area contributed by atoms with Crippen molar-refractivity contribution in [1.82, 2.24) is 0 Å². The van der Waals surface area contributed by atoms with Crippen molar-refractivity contribution < 1.29 is 28.6 Å². The lowest BCUT2D eigenvalue weighted by atomic mass is 10.1. The van der Waals surface area contributed by atoms with Crippen LogP contribution >= 0.6 is 0 Å². The second-order valence-corrected chi connectivity index (χ2v) is 7.20. The molecule has 33 heavy (non-hydrogen) atoms. The normalized spacial score (nSPS) is 11.3. The van der Waals surface area contributed by atoms with Gasteiger partial charge in [-0.1, -0.05) is 73.3 Å². The van der Waals surface area contributed by atoms with Crippen molar-refractivity contribution in [3.63, 3.8) is 0 Å². The third kappa shape index (κ3) is 7.55. The van der Waals surface area contributed by atoms with E-state index < -0.39 is 23.8 Å². The zero-order chi connectivity index (χ0) is 23.5. The van der Waals surface area contributed by atoms with Crippen LogP contribution in [0.3, 0.4) is 0 Å². The van der Waals surface area contributed by atoms with E-state index in [1.54, 1.807) is 60.7 Å². The van der Waals surface area contributed by atoms with Crippen LogP contribution in [-0.4, -0.2) is 30.4 Å². The molecule has 6 heteroatoms. The lowest BCUT2D eigenvalue weighted by Gasteiger charge is -2.18. The molecule has 0 aliphatic rings. The van der Waals surface area contributed by atoms with Crippen LogP contribution in [-0.2, 0) is 25.6 Å². The van der Waals surface area contributed by atoms with E-state index >= 15 is 0 Å². The molecule has 3 rings (SSSR count). The summed E-state index contributed by atoms with van der Waals surface area (Å²) >= 11 is 0. The van der Waals surface area contributed by atoms with Crippen LogP contribution in [0, 0.1) is 0 Å². The summed E-state index contributed by atoms with van der Waals surface area (Å²) in [7, 11) is 0. The molecule has 0 bridgehead atoms. The Bertz CT molecular complexity index is 1080. The van der Waals surface area contributed by atoms with Gasteiger partial charge in [-0.2, -0.15) is 0 Å². The van der Waals surface area contributed by atoms with Gasteiger partial charge in [0.25, 0.3) is 0 Å². The third-order valence-electron chi connectivity index (χ3n) is 4.65. The molecule has 3 aromatic rings. The molecule has 0 N–H and O–H groups in total. The maximum Gasteiger partial charge on any atom is 0.343 e. The number of hydrogen-bond donors (Lipinski definition) is 0. The average molecular weight is 444 g/mol. The molecule has 0 aliphatic heterocycles. The minimum atomic E-state index is -0.888. The number of allylic oxidation sites excluding steroid dienone is 1. The summed E-state index contributed by atoms with van der Waals surface area (Å²) < 4.78 is 16.3. The van der Waals surface area contributed by atoms with Gasteiger partial charge in [-0.25, -0.2) is 9.59 Å². The Balaban J connectivity index is 1.61. The molecule has 0 saturated carbocycles. The maximum atomic E-state index is 12.6. The molecule has 0 amide bonds. The van der Waals surface area contributed by atoms with Gasteiger partial charge in [0.15, 0.2) is 5.76 Å². The smallest absolute Gasteiger partial charge is 0.343 e. The van der Waals surface area contributed by atoms with Crippen molar-refractivity contribution in [2.24, 2.45) is 0 Å². The van der Waals surface area contributed by atoms with Crippen LogP contribution in [0.5, 0.6) is 0 Å². The Morgan fingerprint density at radius 3 is 1.82 bits per heavy atom. The molecule has 3 aromatic carbocycles. The van der Waals surface area contributed by atoms with Gasteiger partial charge in [0.05, 0.1) is 30.8 Å². The van der Waals surface area contributed by atoms with Gasteiger partial charge in [0, 0.05) is 0 Å². The molecule has 0 saturated heterocycles. The highest BCUT2D eigenvalue weighted by atomic mass is 16.6. The molecule has 0 spiro atoms. The summed E-state index contributed by atoms with van der Waals surface area (Å²) in [5.74, 6) is -2.16. The average Bonchev–Trinajstić information content (AvgIpc) is 2.85. The van der Waals surface area contributed by atoms with E-state index in [4.69, 9.17) is 14.2 Å². The number of carbonyl (C=O) groups excluding carboxylic acids is 3. The first-order valence-electron chi connectivity index (χ1n) is 10.4. The van der Waals surface area contributed by atoms with Crippen LogP contribution in [0.4, 0.5) is 0 Å². The van der Waals surface area contributed by atoms with Crippen LogP contribution in [0.2, 0.25) is 0 Å². The topological polar surface area (TPSA) is 78.9 Å².